The summed E-state index contributed by atoms with van der Waals surface area (Å²) in [6.45, 7) is 10.3. The predicted molar refractivity (Wildman–Crippen MR) is 139 cm³/mol. The van der Waals surface area contributed by atoms with E-state index in [0.717, 1.165) is 92.1 Å². The number of carbonyl (C=O) groups excluding carboxylic acids is 1. The molecule has 2 fully saturated rings. The van der Waals surface area contributed by atoms with Crippen LogP contribution >= 0.6 is 0 Å². The van der Waals surface area contributed by atoms with E-state index < -0.39 is 0 Å². The number of amides is 1. The van der Waals surface area contributed by atoms with Gasteiger partial charge in [-0.25, -0.2) is 15.0 Å². The van der Waals surface area contributed by atoms with Gasteiger partial charge in [0.2, 0.25) is 5.91 Å². The summed E-state index contributed by atoms with van der Waals surface area (Å²) < 4.78 is 0. The van der Waals surface area contributed by atoms with Crippen molar-refractivity contribution in [2.75, 3.05) is 26.2 Å². The van der Waals surface area contributed by atoms with Crippen LogP contribution in [0, 0.1) is 12.8 Å². The second-order valence-electron chi connectivity index (χ2n) is 10.5. The molecule has 2 aliphatic rings. The first kappa shape index (κ1) is 23.9. The van der Waals surface area contributed by atoms with Crippen LogP contribution in [0.3, 0.4) is 0 Å². The average Bonchev–Trinajstić information content (AvgIpc) is 3.26. The fourth-order valence-corrected chi connectivity index (χ4v) is 5.57. The average molecular weight is 475 g/mol. The minimum atomic E-state index is 0.305. The van der Waals surface area contributed by atoms with Crippen LogP contribution < -0.4 is 0 Å². The number of aromatic nitrogens is 4. The third-order valence-corrected chi connectivity index (χ3v) is 7.95. The fourth-order valence-electron chi connectivity index (χ4n) is 5.57. The van der Waals surface area contributed by atoms with Crippen LogP contribution in [-0.4, -0.2) is 67.9 Å². The van der Waals surface area contributed by atoms with E-state index in [-0.39, 0.29) is 0 Å². The maximum Gasteiger partial charge on any atom is 0.225 e. The molecule has 1 N–H and O–H groups in total. The number of benzene rings is 1. The Hall–Kier alpha value is -2.80. The van der Waals surface area contributed by atoms with Crippen molar-refractivity contribution in [1.82, 2.24) is 29.7 Å². The summed E-state index contributed by atoms with van der Waals surface area (Å²) in [4.78, 5) is 34.6. The van der Waals surface area contributed by atoms with Crippen molar-refractivity contribution < 1.29 is 4.79 Å². The summed E-state index contributed by atoms with van der Waals surface area (Å²) in [5.74, 6) is 2.18. The van der Waals surface area contributed by atoms with E-state index in [1.807, 2.05) is 13.0 Å². The Morgan fingerprint density at radius 1 is 1.14 bits per heavy atom. The maximum absolute atomic E-state index is 12.6. The van der Waals surface area contributed by atoms with Crippen LogP contribution in [0.5, 0.6) is 0 Å². The van der Waals surface area contributed by atoms with Crippen LogP contribution in [0.1, 0.15) is 69.8 Å². The first-order valence-corrected chi connectivity index (χ1v) is 13.3. The normalized spacial score (nSPS) is 19.0. The minimum Gasteiger partial charge on any atom is -0.342 e. The summed E-state index contributed by atoms with van der Waals surface area (Å²) in [6.07, 6.45) is 8.33. The van der Waals surface area contributed by atoms with Gasteiger partial charge in [-0.15, -0.1) is 0 Å². The highest BCUT2D eigenvalue weighted by Crippen LogP contribution is 2.31. The second kappa shape index (κ2) is 10.4. The molecule has 0 radical (unpaired) electrons. The van der Waals surface area contributed by atoms with Gasteiger partial charge in [0.25, 0.3) is 0 Å². The molecule has 7 nitrogen and oxygen atoms in total. The highest BCUT2D eigenvalue weighted by molar-refractivity contribution is 5.81. The molecule has 1 amide bonds. The Bertz CT molecular complexity index is 1160. The van der Waals surface area contributed by atoms with Gasteiger partial charge in [0.1, 0.15) is 12.2 Å². The van der Waals surface area contributed by atoms with Gasteiger partial charge in [0.05, 0.1) is 16.7 Å². The largest absolute Gasteiger partial charge is 0.342 e. The third kappa shape index (κ3) is 5.25. The van der Waals surface area contributed by atoms with Crippen LogP contribution in [0.2, 0.25) is 0 Å². The lowest BCUT2D eigenvalue weighted by atomic mass is 9.84. The first-order chi connectivity index (χ1) is 17.0. The lowest BCUT2D eigenvalue weighted by Gasteiger charge is -2.41. The van der Waals surface area contributed by atoms with Gasteiger partial charge in [-0.05, 0) is 57.7 Å². The molecule has 5 rings (SSSR count). The van der Waals surface area contributed by atoms with Gasteiger partial charge < -0.3 is 9.88 Å². The summed E-state index contributed by atoms with van der Waals surface area (Å²) >= 11 is 0. The van der Waals surface area contributed by atoms with E-state index in [0.29, 0.717) is 23.8 Å². The molecule has 3 heterocycles. The molecule has 2 aromatic heterocycles. The van der Waals surface area contributed by atoms with Gasteiger partial charge in [-0.1, -0.05) is 25.8 Å². The standard InChI is InChI=1S/C28H38N6O/c1-4-6-23(16-20(3)33-11-13-34(14-12-33)28(35)21-7-5-8-21)27-31-24-10-9-22(17-26(24)32-27)25-15-19(2)29-18-30-25/h9-10,15,17-18,20-21,23H,4-8,11-14,16H2,1-3H3,(H,31,32)/t20-,23?/m0/s1. The summed E-state index contributed by atoms with van der Waals surface area (Å²) in [5.41, 5.74) is 5.04. The number of imidazole rings is 1. The fraction of sp³-hybridized carbons (Fsp3) is 0.571. The van der Waals surface area contributed by atoms with Crippen LogP contribution in [0.4, 0.5) is 0 Å². The van der Waals surface area contributed by atoms with Crippen molar-refractivity contribution in [2.45, 2.75) is 71.3 Å². The van der Waals surface area contributed by atoms with E-state index >= 15 is 0 Å². The number of aromatic amines is 1. The Kier molecular flexibility index (Phi) is 7.14. The summed E-state index contributed by atoms with van der Waals surface area (Å²) in [7, 11) is 0. The molecule has 0 bridgehead atoms. The monoisotopic (exact) mass is 474 g/mol. The SMILES string of the molecule is CCCC(C[C@H](C)N1CCN(C(=O)C2CCC2)CC1)c1nc2ccc(-c3cc(C)ncn3)cc2[nH]1. The van der Waals surface area contributed by atoms with Gasteiger partial charge in [0.15, 0.2) is 0 Å². The number of nitrogens with one attached hydrogen (secondary N) is 1. The van der Waals surface area contributed by atoms with E-state index in [4.69, 9.17) is 4.98 Å². The molecule has 1 saturated carbocycles. The van der Waals surface area contributed by atoms with Gasteiger partial charge in [-0.3, -0.25) is 9.69 Å². The number of nitrogens with zero attached hydrogens (tertiary/aromatic N) is 5. The Balaban J connectivity index is 1.25. The predicted octanol–water partition coefficient (Wildman–Crippen LogP) is 4.93. The molecule has 1 aliphatic carbocycles. The van der Waals surface area contributed by atoms with Crippen LogP contribution in [0.15, 0.2) is 30.6 Å². The maximum atomic E-state index is 12.6. The molecule has 1 aliphatic heterocycles. The van der Waals surface area contributed by atoms with Crippen molar-refractivity contribution in [2.24, 2.45) is 5.92 Å². The first-order valence-electron chi connectivity index (χ1n) is 13.3. The highest BCUT2D eigenvalue weighted by atomic mass is 16.2. The highest BCUT2D eigenvalue weighted by Gasteiger charge is 2.32. The van der Waals surface area contributed by atoms with Gasteiger partial charge in [0, 0.05) is 55.3 Å². The van der Waals surface area contributed by atoms with Gasteiger partial charge >= 0.3 is 0 Å². The van der Waals surface area contributed by atoms with Crippen molar-refractivity contribution in [3.05, 3.63) is 42.1 Å². The van der Waals surface area contributed by atoms with Crippen LogP contribution in [-0.2, 0) is 4.79 Å². The zero-order chi connectivity index (χ0) is 24.4. The summed E-state index contributed by atoms with van der Waals surface area (Å²) in [5, 5.41) is 0. The Labute approximate surface area is 208 Å². The lowest BCUT2D eigenvalue weighted by Crippen LogP contribution is -2.53. The molecule has 1 aromatic carbocycles. The Morgan fingerprint density at radius 2 is 1.94 bits per heavy atom. The quantitative estimate of drug-likeness (QED) is 0.501. The molecular weight excluding hydrogens is 436 g/mol. The van der Waals surface area contributed by atoms with Crippen LogP contribution in [0.25, 0.3) is 22.3 Å². The van der Waals surface area contributed by atoms with E-state index in [1.165, 1.54) is 6.42 Å². The number of hydrogen-bond acceptors (Lipinski definition) is 5. The molecule has 1 unspecified atom stereocenters. The molecule has 2 atom stereocenters. The number of carbonyl (C=O) groups is 1. The van der Waals surface area contributed by atoms with E-state index in [9.17, 15) is 4.79 Å². The Morgan fingerprint density at radius 3 is 2.63 bits per heavy atom. The van der Waals surface area contributed by atoms with Crippen molar-refractivity contribution >= 4 is 16.9 Å². The molecule has 35 heavy (non-hydrogen) atoms. The summed E-state index contributed by atoms with van der Waals surface area (Å²) in [6, 6.07) is 8.81. The third-order valence-electron chi connectivity index (χ3n) is 7.95. The van der Waals surface area contributed by atoms with Crippen molar-refractivity contribution in [3.63, 3.8) is 0 Å². The van der Waals surface area contributed by atoms with Gasteiger partial charge in [-0.2, -0.15) is 0 Å². The number of hydrogen-bond donors (Lipinski definition) is 1. The zero-order valence-corrected chi connectivity index (χ0v) is 21.3. The van der Waals surface area contributed by atoms with E-state index in [2.05, 4.69) is 56.8 Å². The number of aryl methyl sites for hydroxylation is 1. The smallest absolute Gasteiger partial charge is 0.225 e. The molecular formula is C28H38N6O. The zero-order valence-electron chi connectivity index (χ0n) is 21.3. The minimum absolute atomic E-state index is 0.305. The number of fused-ring (bicyclic) bond motifs is 1. The topological polar surface area (TPSA) is 78.0 Å². The van der Waals surface area contributed by atoms with Crippen molar-refractivity contribution in [3.8, 4) is 11.3 Å². The molecule has 3 aromatic rings. The lowest BCUT2D eigenvalue weighted by molar-refractivity contribution is -0.140. The number of rotatable bonds is 8. The van der Waals surface area contributed by atoms with E-state index in [1.54, 1.807) is 6.33 Å². The second-order valence-corrected chi connectivity index (χ2v) is 10.5. The molecule has 0 spiro atoms. The molecule has 7 heteroatoms. The number of H-pyrrole nitrogens is 1. The molecule has 186 valence electrons. The number of piperazine rings is 1. The molecule has 1 saturated heterocycles. The van der Waals surface area contributed by atoms with Crippen molar-refractivity contribution in [1.29, 1.82) is 0 Å².